The first-order chi connectivity index (χ1) is 15.5. The van der Waals surface area contributed by atoms with E-state index >= 15 is 0 Å². The Hall–Kier alpha value is -3.00. The second-order valence-electron chi connectivity index (χ2n) is 8.54. The van der Waals surface area contributed by atoms with Crippen molar-refractivity contribution in [2.45, 2.75) is 31.3 Å². The van der Waals surface area contributed by atoms with Crippen LogP contribution in [0.5, 0.6) is 0 Å². The molecule has 168 valence electrons. The molecule has 2 N–H and O–H groups in total. The van der Waals surface area contributed by atoms with Crippen molar-refractivity contribution in [3.8, 4) is 11.3 Å². The number of aromatic nitrogens is 1. The lowest BCUT2D eigenvalue weighted by atomic mass is 9.75. The van der Waals surface area contributed by atoms with Crippen LogP contribution in [-0.4, -0.2) is 36.9 Å². The molecule has 3 aromatic rings. The first-order valence-electron chi connectivity index (χ1n) is 10.8. The summed E-state index contributed by atoms with van der Waals surface area (Å²) in [7, 11) is 0. The van der Waals surface area contributed by atoms with Gasteiger partial charge in [0.2, 0.25) is 0 Å². The van der Waals surface area contributed by atoms with Crippen LogP contribution < -0.4 is 5.32 Å². The number of hydrogen-bond acceptors (Lipinski definition) is 3. The smallest absolute Gasteiger partial charge is 0.407 e. The zero-order valence-corrected chi connectivity index (χ0v) is 17.3. The van der Waals surface area contributed by atoms with E-state index in [0.29, 0.717) is 55.2 Å². The number of rotatable bonds is 5. The van der Waals surface area contributed by atoms with Gasteiger partial charge in [0, 0.05) is 30.5 Å². The van der Waals surface area contributed by atoms with Crippen LogP contribution in [0.15, 0.2) is 36.4 Å². The van der Waals surface area contributed by atoms with Gasteiger partial charge in [0.15, 0.2) is 0 Å². The first-order valence-corrected chi connectivity index (χ1v) is 10.8. The molecule has 0 radical (unpaired) electrons. The van der Waals surface area contributed by atoms with Crippen LogP contribution >= 0.6 is 0 Å². The largest absolute Gasteiger partial charge is 0.446 e. The topological polar surface area (TPSA) is 63.4 Å². The van der Waals surface area contributed by atoms with Crippen molar-refractivity contribution in [1.29, 1.82) is 0 Å². The van der Waals surface area contributed by atoms with Gasteiger partial charge in [-0.1, -0.05) is 0 Å². The molecule has 1 atom stereocenters. The van der Waals surface area contributed by atoms with E-state index in [0.717, 1.165) is 18.1 Å². The Bertz CT molecular complexity index is 1130. The molecule has 32 heavy (non-hydrogen) atoms. The second kappa shape index (κ2) is 8.50. The fourth-order valence-corrected chi connectivity index (χ4v) is 4.57. The minimum Gasteiger partial charge on any atom is -0.446 e. The molecule has 8 heteroatoms. The number of benzene rings is 2. The molecule has 2 heterocycles. The summed E-state index contributed by atoms with van der Waals surface area (Å²) < 4.78 is 52.7. The van der Waals surface area contributed by atoms with Crippen LogP contribution in [0.1, 0.15) is 30.7 Å². The van der Waals surface area contributed by atoms with Gasteiger partial charge in [-0.25, -0.2) is 18.0 Å². The Balaban J connectivity index is 1.34. The summed E-state index contributed by atoms with van der Waals surface area (Å²) >= 11 is 0. The van der Waals surface area contributed by atoms with E-state index in [4.69, 9.17) is 9.47 Å². The number of aromatic amines is 1. The quantitative estimate of drug-likeness (QED) is 0.564. The summed E-state index contributed by atoms with van der Waals surface area (Å²) in [5, 5.41) is 3.23. The molecule has 5 nitrogen and oxygen atoms in total. The highest BCUT2D eigenvalue weighted by Crippen LogP contribution is 2.46. The third-order valence-electron chi connectivity index (χ3n) is 6.33. The van der Waals surface area contributed by atoms with Gasteiger partial charge in [0.05, 0.1) is 17.8 Å². The number of carbonyl (C=O) groups is 1. The van der Waals surface area contributed by atoms with Gasteiger partial charge >= 0.3 is 6.09 Å². The molecule has 1 aliphatic carbocycles. The number of ether oxygens (including phenoxy) is 2. The lowest BCUT2D eigenvalue weighted by molar-refractivity contribution is 0.0392. The highest BCUT2D eigenvalue weighted by atomic mass is 19.1. The van der Waals surface area contributed by atoms with Gasteiger partial charge in [-0.2, -0.15) is 0 Å². The number of carbonyl (C=O) groups excluding carboxylic acids is 1. The summed E-state index contributed by atoms with van der Waals surface area (Å²) in [4.78, 5) is 15.2. The minimum atomic E-state index is -0.683. The molecule has 0 spiro atoms. The predicted octanol–water partition coefficient (Wildman–Crippen LogP) is 5.26. The molecule has 1 saturated heterocycles. The summed E-state index contributed by atoms with van der Waals surface area (Å²) in [6.45, 7) is 1.88. The molecule has 2 aliphatic rings. The summed E-state index contributed by atoms with van der Waals surface area (Å²) in [5.74, 6) is -1.46. The zero-order valence-electron chi connectivity index (χ0n) is 17.3. The fourth-order valence-electron chi connectivity index (χ4n) is 4.57. The Morgan fingerprint density at radius 1 is 1.12 bits per heavy atom. The van der Waals surface area contributed by atoms with E-state index in [1.165, 1.54) is 18.2 Å². The van der Waals surface area contributed by atoms with Crippen LogP contribution in [0, 0.1) is 23.4 Å². The van der Waals surface area contributed by atoms with Crippen molar-refractivity contribution in [2.24, 2.45) is 5.92 Å². The van der Waals surface area contributed by atoms with E-state index in [9.17, 15) is 18.0 Å². The van der Waals surface area contributed by atoms with Gasteiger partial charge in [-0.05, 0) is 66.6 Å². The van der Waals surface area contributed by atoms with E-state index in [-0.39, 0.29) is 23.4 Å². The lowest BCUT2D eigenvalue weighted by Crippen LogP contribution is -2.37. The number of amides is 1. The Kier molecular flexibility index (Phi) is 5.55. The summed E-state index contributed by atoms with van der Waals surface area (Å²) in [5.41, 5.74) is 2.27. The molecule has 0 bridgehead atoms. The zero-order chi connectivity index (χ0) is 22.2. The van der Waals surface area contributed by atoms with Crippen molar-refractivity contribution in [3.05, 3.63) is 59.4 Å². The van der Waals surface area contributed by atoms with Gasteiger partial charge in [-0.3, -0.25) is 0 Å². The molecule has 1 aliphatic heterocycles. The number of nitrogens with one attached hydrogen (secondary N) is 2. The van der Waals surface area contributed by atoms with Crippen LogP contribution in [-0.2, 0) is 9.47 Å². The third-order valence-corrected chi connectivity index (χ3v) is 6.33. The predicted molar refractivity (Wildman–Crippen MR) is 113 cm³/mol. The van der Waals surface area contributed by atoms with Crippen molar-refractivity contribution in [1.82, 2.24) is 10.3 Å². The van der Waals surface area contributed by atoms with Crippen molar-refractivity contribution >= 4 is 17.0 Å². The van der Waals surface area contributed by atoms with Gasteiger partial charge < -0.3 is 19.8 Å². The highest BCUT2D eigenvalue weighted by Gasteiger charge is 2.37. The van der Waals surface area contributed by atoms with E-state index in [1.807, 2.05) is 0 Å². The number of hydrogen-bond donors (Lipinski definition) is 2. The molecular weight excluding hydrogens is 421 g/mol. The van der Waals surface area contributed by atoms with Gasteiger partial charge in [0.25, 0.3) is 0 Å². The maximum atomic E-state index is 14.4. The normalized spacial score (nSPS) is 22.7. The van der Waals surface area contributed by atoms with Crippen molar-refractivity contribution in [3.63, 3.8) is 0 Å². The standard InChI is InChI=1S/C24H23F3N2O3/c25-16-3-1-14(2-4-16)22-21(19-9-17(26)10-20(27)23(19)29-22)15-7-18(8-15)32-24(30)28-11-13-5-6-31-12-13/h1-4,9-10,13,15,18,29H,5-8,11-12H2,(H,28,30)/t13?,15-,18-. The van der Waals surface area contributed by atoms with Crippen LogP contribution in [0.3, 0.4) is 0 Å². The van der Waals surface area contributed by atoms with Gasteiger partial charge in [-0.15, -0.1) is 0 Å². The molecule has 1 unspecified atom stereocenters. The Morgan fingerprint density at radius 3 is 2.62 bits per heavy atom. The van der Waals surface area contributed by atoms with Crippen LogP contribution in [0.2, 0.25) is 0 Å². The molecule has 2 aromatic carbocycles. The fraction of sp³-hybridized carbons (Fsp3) is 0.375. The third kappa shape index (κ3) is 4.07. The molecule has 2 fully saturated rings. The number of fused-ring (bicyclic) bond motifs is 1. The number of alkyl carbamates (subject to hydrolysis) is 1. The number of halogens is 3. The Labute approximate surface area is 182 Å². The second-order valence-corrected chi connectivity index (χ2v) is 8.54. The van der Waals surface area contributed by atoms with Crippen molar-refractivity contribution in [2.75, 3.05) is 19.8 Å². The lowest BCUT2D eigenvalue weighted by Gasteiger charge is -2.35. The SMILES string of the molecule is O=C(NCC1CCOC1)O[C@H]1C[C@H](c2c(-c3ccc(F)cc3)[nH]c3c(F)cc(F)cc32)C1. The van der Waals surface area contributed by atoms with Crippen LogP contribution in [0.25, 0.3) is 22.2 Å². The van der Waals surface area contributed by atoms with Crippen molar-refractivity contribution < 1.29 is 27.4 Å². The average Bonchev–Trinajstić information content (AvgIpc) is 3.38. The monoisotopic (exact) mass is 444 g/mol. The van der Waals surface area contributed by atoms with E-state index < -0.39 is 17.7 Å². The van der Waals surface area contributed by atoms with E-state index in [2.05, 4.69) is 10.3 Å². The average molecular weight is 444 g/mol. The molecule has 1 saturated carbocycles. The highest BCUT2D eigenvalue weighted by molar-refractivity contribution is 5.92. The minimum absolute atomic E-state index is 0.0500. The summed E-state index contributed by atoms with van der Waals surface area (Å²) in [6, 6.07) is 8.00. The maximum Gasteiger partial charge on any atom is 0.407 e. The van der Waals surface area contributed by atoms with Gasteiger partial charge in [0.1, 0.15) is 23.6 Å². The van der Waals surface area contributed by atoms with Crippen LogP contribution in [0.4, 0.5) is 18.0 Å². The molecular formula is C24H23F3N2O3. The maximum absolute atomic E-state index is 14.4. The summed E-state index contributed by atoms with van der Waals surface area (Å²) in [6.07, 6.45) is 1.27. The molecule has 5 rings (SSSR count). The molecule has 1 aromatic heterocycles. The Morgan fingerprint density at radius 2 is 1.91 bits per heavy atom. The molecule has 1 amide bonds. The first kappa shape index (κ1) is 20.9. The van der Waals surface area contributed by atoms with E-state index in [1.54, 1.807) is 12.1 Å². The number of H-pyrrole nitrogens is 1.